The molecule has 1 heterocycles. The summed E-state index contributed by atoms with van der Waals surface area (Å²) in [6.45, 7) is 2.65. The molecule has 0 aliphatic carbocycles. The van der Waals surface area contributed by atoms with Crippen molar-refractivity contribution >= 4 is 16.7 Å². The minimum absolute atomic E-state index is 0.168. The van der Waals surface area contributed by atoms with Crippen LogP contribution in [-0.4, -0.2) is 5.78 Å². The Kier molecular flexibility index (Phi) is 7.15. The number of unbranched alkanes of at least 4 members (excludes halogenated alkanes) is 5. The summed E-state index contributed by atoms with van der Waals surface area (Å²) in [4.78, 5) is 12.8. The molecule has 2 aromatic carbocycles. The lowest BCUT2D eigenvalue weighted by Gasteiger charge is -2.08. The molecule has 0 saturated carbocycles. The molecular weight excluding hydrogens is 330 g/mol. The number of benzene rings is 2. The van der Waals surface area contributed by atoms with E-state index in [0.29, 0.717) is 6.54 Å². The third-order valence-electron chi connectivity index (χ3n) is 5.21. The van der Waals surface area contributed by atoms with Crippen LogP contribution in [0.1, 0.15) is 61.5 Å². The molecule has 2 nitrogen and oxygen atoms in total. The Morgan fingerprint density at radius 3 is 2.30 bits per heavy atom. The summed E-state index contributed by atoms with van der Waals surface area (Å²) in [5.41, 5.74) is 3.18. The van der Waals surface area contributed by atoms with Crippen LogP contribution in [-0.2, 0) is 13.0 Å². The summed E-state index contributed by atoms with van der Waals surface area (Å²) < 4.78 is 2.22. The second-order valence-electron chi connectivity index (χ2n) is 7.28. The number of nitrogens with zero attached hydrogens (tertiary/aromatic N) is 1. The fourth-order valence-electron chi connectivity index (χ4n) is 3.66. The van der Waals surface area contributed by atoms with E-state index in [1.165, 1.54) is 49.6 Å². The van der Waals surface area contributed by atoms with E-state index in [1.54, 1.807) is 0 Å². The van der Waals surface area contributed by atoms with Crippen LogP contribution in [0.5, 0.6) is 0 Å². The molecule has 0 N–H and O–H groups in total. The van der Waals surface area contributed by atoms with Gasteiger partial charge in [0.25, 0.3) is 0 Å². The van der Waals surface area contributed by atoms with Gasteiger partial charge in [-0.25, -0.2) is 0 Å². The van der Waals surface area contributed by atoms with Crippen LogP contribution < -0.4 is 4.57 Å². The largest absolute Gasteiger partial charge is 0.287 e. The van der Waals surface area contributed by atoms with Gasteiger partial charge in [0.15, 0.2) is 5.69 Å². The number of rotatable bonds is 10. The highest BCUT2D eigenvalue weighted by atomic mass is 16.1. The van der Waals surface area contributed by atoms with Gasteiger partial charge in [-0.2, -0.15) is 4.57 Å². The van der Waals surface area contributed by atoms with Crippen molar-refractivity contribution in [3.63, 3.8) is 0 Å². The number of pyridine rings is 1. The van der Waals surface area contributed by atoms with Gasteiger partial charge in [0.2, 0.25) is 17.8 Å². The number of hydrogen-bond donors (Lipinski definition) is 0. The third kappa shape index (κ3) is 5.26. The first-order valence-electron chi connectivity index (χ1n) is 10.3. The lowest BCUT2D eigenvalue weighted by atomic mass is 10.1. The van der Waals surface area contributed by atoms with E-state index in [-0.39, 0.29) is 5.78 Å². The van der Waals surface area contributed by atoms with Gasteiger partial charge in [-0.15, -0.1) is 0 Å². The molecular formula is C25H30NO+. The molecule has 0 radical (unpaired) electrons. The maximum Gasteiger partial charge on any atom is 0.227 e. The molecule has 0 atom stereocenters. The van der Waals surface area contributed by atoms with Crippen molar-refractivity contribution in [2.75, 3.05) is 0 Å². The van der Waals surface area contributed by atoms with Gasteiger partial charge in [-0.05, 0) is 18.6 Å². The average molecular weight is 361 g/mol. The Bertz CT molecular complexity index is 870. The minimum atomic E-state index is 0.168. The molecule has 0 saturated heterocycles. The van der Waals surface area contributed by atoms with Crippen LogP contribution in [0.4, 0.5) is 0 Å². The quantitative estimate of drug-likeness (QED) is 0.250. The summed E-state index contributed by atoms with van der Waals surface area (Å²) in [5, 5.41) is 1.19. The van der Waals surface area contributed by atoms with Crippen molar-refractivity contribution in [1.29, 1.82) is 0 Å². The fraction of sp³-hybridized carbons (Fsp3) is 0.360. The van der Waals surface area contributed by atoms with Gasteiger partial charge < -0.3 is 0 Å². The number of aryl methyl sites for hydroxylation is 1. The Labute approximate surface area is 162 Å². The number of aromatic nitrogens is 1. The summed E-state index contributed by atoms with van der Waals surface area (Å²) in [6, 6.07) is 22.4. The SMILES string of the molecule is CCCCCCCCc1ccc2ccccc2[n+]1CC(=O)c1ccccc1. The molecule has 0 aliphatic rings. The van der Waals surface area contributed by atoms with Gasteiger partial charge in [0, 0.05) is 29.5 Å². The van der Waals surface area contributed by atoms with Crippen molar-refractivity contribution in [1.82, 2.24) is 0 Å². The maximum atomic E-state index is 12.8. The average Bonchev–Trinajstić information content (AvgIpc) is 2.72. The first kappa shape index (κ1) is 19.3. The Morgan fingerprint density at radius 2 is 1.48 bits per heavy atom. The lowest BCUT2D eigenvalue weighted by molar-refractivity contribution is -0.664. The van der Waals surface area contributed by atoms with E-state index >= 15 is 0 Å². The topological polar surface area (TPSA) is 20.9 Å². The summed E-state index contributed by atoms with van der Waals surface area (Å²) in [5.74, 6) is 0.168. The predicted molar refractivity (Wildman–Crippen MR) is 112 cm³/mol. The van der Waals surface area contributed by atoms with Crippen LogP contribution in [0.15, 0.2) is 66.7 Å². The van der Waals surface area contributed by atoms with Gasteiger partial charge in [0.05, 0.1) is 0 Å². The van der Waals surface area contributed by atoms with Crippen LogP contribution in [0.25, 0.3) is 10.9 Å². The fourth-order valence-corrected chi connectivity index (χ4v) is 3.66. The maximum absolute atomic E-state index is 12.8. The summed E-state index contributed by atoms with van der Waals surface area (Å²) in [6.07, 6.45) is 8.74. The van der Waals surface area contributed by atoms with Crippen molar-refractivity contribution in [2.24, 2.45) is 0 Å². The molecule has 0 fully saturated rings. The van der Waals surface area contributed by atoms with Gasteiger partial charge in [-0.1, -0.05) is 81.5 Å². The Morgan fingerprint density at radius 1 is 0.778 bits per heavy atom. The number of carbonyl (C=O) groups excluding carboxylic acids is 1. The number of ketones is 1. The number of fused-ring (bicyclic) bond motifs is 1. The monoisotopic (exact) mass is 360 g/mol. The highest BCUT2D eigenvalue weighted by molar-refractivity contribution is 5.95. The molecule has 0 spiro atoms. The molecule has 3 rings (SSSR count). The van der Waals surface area contributed by atoms with Crippen LogP contribution >= 0.6 is 0 Å². The Balaban J connectivity index is 1.78. The zero-order valence-corrected chi connectivity index (χ0v) is 16.4. The zero-order chi connectivity index (χ0) is 18.9. The number of carbonyl (C=O) groups is 1. The predicted octanol–water partition coefficient (Wildman–Crippen LogP) is 5.91. The normalized spacial score (nSPS) is 11.0. The van der Waals surface area contributed by atoms with E-state index in [0.717, 1.165) is 17.5 Å². The number of para-hydroxylation sites is 1. The van der Waals surface area contributed by atoms with E-state index in [4.69, 9.17) is 0 Å². The first-order chi connectivity index (χ1) is 13.3. The highest BCUT2D eigenvalue weighted by Gasteiger charge is 2.19. The molecule has 0 unspecified atom stereocenters. The standard InChI is InChI=1S/C25H30NO/c1-2-3-4-5-6-10-16-23-19-18-21-13-11-12-17-24(21)26(23)20-25(27)22-14-8-7-9-15-22/h7-9,11-15,17-19H,2-6,10,16,20H2,1H3/q+1. The van der Waals surface area contributed by atoms with E-state index < -0.39 is 0 Å². The molecule has 0 aliphatic heterocycles. The second-order valence-corrected chi connectivity index (χ2v) is 7.28. The van der Waals surface area contributed by atoms with E-state index in [2.05, 4.69) is 47.9 Å². The molecule has 140 valence electrons. The number of hydrogen-bond acceptors (Lipinski definition) is 1. The molecule has 2 heteroatoms. The lowest BCUT2D eigenvalue weighted by Crippen LogP contribution is -2.42. The van der Waals surface area contributed by atoms with E-state index in [9.17, 15) is 4.79 Å². The van der Waals surface area contributed by atoms with Crippen LogP contribution in [0.2, 0.25) is 0 Å². The third-order valence-corrected chi connectivity index (χ3v) is 5.21. The van der Waals surface area contributed by atoms with Crippen molar-refractivity contribution < 1.29 is 9.36 Å². The van der Waals surface area contributed by atoms with Crippen molar-refractivity contribution in [3.8, 4) is 0 Å². The van der Waals surface area contributed by atoms with E-state index in [1.807, 2.05) is 30.3 Å². The molecule has 1 aromatic heterocycles. The molecule has 27 heavy (non-hydrogen) atoms. The highest BCUT2D eigenvalue weighted by Crippen LogP contribution is 2.14. The molecule has 0 bridgehead atoms. The zero-order valence-electron chi connectivity index (χ0n) is 16.4. The van der Waals surface area contributed by atoms with Gasteiger partial charge in [-0.3, -0.25) is 4.79 Å². The number of Topliss-reactive ketones (excluding diaryl/α,β-unsaturated/α-hetero) is 1. The van der Waals surface area contributed by atoms with Gasteiger partial charge in [0.1, 0.15) is 0 Å². The minimum Gasteiger partial charge on any atom is -0.287 e. The smallest absolute Gasteiger partial charge is 0.227 e. The second kappa shape index (κ2) is 10.0. The molecule has 0 amide bonds. The van der Waals surface area contributed by atoms with Crippen molar-refractivity contribution in [3.05, 3.63) is 78.0 Å². The van der Waals surface area contributed by atoms with Crippen LogP contribution in [0.3, 0.4) is 0 Å². The Hall–Kier alpha value is -2.48. The summed E-state index contributed by atoms with van der Waals surface area (Å²) in [7, 11) is 0. The molecule has 3 aromatic rings. The summed E-state index contributed by atoms with van der Waals surface area (Å²) >= 11 is 0. The van der Waals surface area contributed by atoms with Crippen LogP contribution in [0, 0.1) is 0 Å². The van der Waals surface area contributed by atoms with Gasteiger partial charge >= 0.3 is 0 Å². The first-order valence-corrected chi connectivity index (χ1v) is 10.3. The van der Waals surface area contributed by atoms with Crippen molar-refractivity contribution in [2.45, 2.75) is 58.4 Å².